The van der Waals surface area contributed by atoms with Gasteiger partial charge in [-0.05, 0) is 52.5 Å². The standard InChI is InChI=1S/C23H35N5O/c1-5-24-23(25-13-11-22-18(3)27-29-19(22)4)26-21-12-14-28(17(2)15-21)16-20-9-7-6-8-10-20/h6-10,17,21H,5,11-16H2,1-4H3,(H2,24,25,26). The predicted molar refractivity (Wildman–Crippen MR) is 118 cm³/mol. The van der Waals surface area contributed by atoms with E-state index in [2.05, 4.69) is 64.9 Å². The first-order valence-electron chi connectivity index (χ1n) is 10.8. The van der Waals surface area contributed by atoms with E-state index < -0.39 is 0 Å². The number of rotatable bonds is 7. The number of aromatic nitrogens is 1. The van der Waals surface area contributed by atoms with Gasteiger partial charge in [-0.2, -0.15) is 0 Å². The van der Waals surface area contributed by atoms with E-state index in [1.807, 2.05) is 13.8 Å². The lowest BCUT2D eigenvalue weighted by Crippen LogP contribution is -2.51. The van der Waals surface area contributed by atoms with Gasteiger partial charge >= 0.3 is 0 Å². The van der Waals surface area contributed by atoms with Crippen molar-refractivity contribution in [3.63, 3.8) is 0 Å². The summed E-state index contributed by atoms with van der Waals surface area (Å²) in [5, 5.41) is 11.1. The molecule has 1 aromatic carbocycles. The molecule has 1 aromatic heterocycles. The fraction of sp³-hybridized carbons (Fsp3) is 0.565. The normalized spacial score (nSPS) is 20.6. The van der Waals surface area contributed by atoms with Gasteiger partial charge in [-0.3, -0.25) is 9.89 Å². The van der Waals surface area contributed by atoms with Crippen LogP contribution in [0.15, 0.2) is 39.8 Å². The van der Waals surface area contributed by atoms with Gasteiger partial charge in [0.2, 0.25) is 0 Å². The molecule has 3 rings (SSSR count). The average Bonchev–Trinajstić information content (AvgIpc) is 3.03. The second-order valence-corrected chi connectivity index (χ2v) is 7.98. The molecule has 6 heteroatoms. The number of hydrogen-bond acceptors (Lipinski definition) is 4. The molecule has 1 aliphatic heterocycles. The summed E-state index contributed by atoms with van der Waals surface area (Å²) >= 11 is 0. The lowest BCUT2D eigenvalue weighted by molar-refractivity contribution is 0.134. The Morgan fingerprint density at radius 2 is 2.07 bits per heavy atom. The molecule has 2 heterocycles. The van der Waals surface area contributed by atoms with E-state index in [9.17, 15) is 0 Å². The smallest absolute Gasteiger partial charge is 0.191 e. The van der Waals surface area contributed by atoms with E-state index in [4.69, 9.17) is 9.52 Å². The summed E-state index contributed by atoms with van der Waals surface area (Å²) in [6.07, 6.45) is 3.11. The van der Waals surface area contributed by atoms with E-state index in [0.29, 0.717) is 12.1 Å². The number of nitrogens with zero attached hydrogens (tertiary/aromatic N) is 3. The molecule has 158 valence electrons. The Hall–Kier alpha value is -2.34. The molecule has 1 fully saturated rings. The van der Waals surface area contributed by atoms with Crippen molar-refractivity contribution in [2.75, 3.05) is 19.6 Å². The molecule has 2 atom stereocenters. The molecule has 1 aliphatic rings. The number of aliphatic imine (C=N–C) groups is 1. The van der Waals surface area contributed by atoms with Gasteiger partial charge in [-0.15, -0.1) is 0 Å². The molecule has 2 aromatic rings. The third-order valence-corrected chi connectivity index (χ3v) is 5.74. The average molecular weight is 398 g/mol. The molecule has 0 radical (unpaired) electrons. The SMILES string of the molecule is CCNC(=NCCc1c(C)noc1C)NC1CCN(Cc2ccccc2)C(C)C1. The van der Waals surface area contributed by atoms with Crippen LogP contribution in [0.2, 0.25) is 0 Å². The van der Waals surface area contributed by atoms with Crippen LogP contribution >= 0.6 is 0 Å². The molecule has 2 N–H and O–H groups in total. The zero-order valence-electron chi connectivity index (χ0n) is 18.2. The zero-order chi connectivity index (χ0) is 20.6. The van der Waals surface area contributed by atoms with Gasteiger partial charge in [0.05, 0.1) is 5.69 Å². The van der Waals surface area contributed by atoms with Gasteiger partial charge in [0.1, 0.15) is 5.76 Å². The van der Waals surface area contributed by atoms with E-state index in [-0.39, 0.29) is 0 Å². The molecule has 29 heavy (non-hydrogen) atoms. The summed E-state index contributed by atoms with van der Waals surface area (Å²) in [4.78, 5) is 7.37. The zero-order valence-corrected chi connectivity index (χ0v) is 18.2. The Kier molecular flexibility index (Phi) is 7.69. The minimum atomic E-state index is 0.453. The third-order valence-electron chi connectivity index (χ3n) is 5.74. The number of piperidine rings is 1. The lowest BCUT2D eigenvalue weighted by Gasteiger charge is -2.38. The monoisotopic (exact) mass is 397 g/mol. The number of likely N-dealkylation sites (tertiary alicyclic amines) is 1. The molecule has 0 bridgehead atoms. The van der Waals surface area contributed by atoms with Crippen LogP contribution in [0.4, 0.5) is 0 Å². The Morgan fingerprint density at radius 3 is 2.72 bits per heavy atom. The summed E-state index contributed by atoms with van der Waals surface area (Å²) in [6.45, 7) is 12.1. The topological polar surface area (TPSA) is 65.7 Å². The molecule has 2 unspecified atom stereocenters. The van der Waals surface area contributed by atoms with Crippen molar-refractivity contribution in [1.82, 2.24) is 20.7 Å². The summed E-state index contributed by atoms with van der Waals surface area (Å²) in [5.74, 6) is 1.81. The van der Waals surface area contributed by atoms with Crippen molar-refractivity contribution in [3.8, 4) is 0 Å². The molecule has 1 saturated heterocycles. The van der Waals surface area contributed by atoms with Crippen molar-refractivity contribution in [2.45, 2.75) is 65.6 Å². The number of benzene rings is 1. The van der Waals surface area contributed by atoms with Crippen LogP contribution in [-0.4, -0.2) is 47.7 Å². The van der Waals surface area contributed by atoms with Crippen LogP contribution in [0.5, 0.6) is 0 Å². The van der Waals surface area contributed by atoms with Crippen LogP contribution in [0.3, 0.4) is 0 Å². The van der Waals surface area contributed by atoms with Gasteiger partial charge in [-0.25, -0.2) is 0 Å². The maximum absolute atomic E-state index is 5.25. The van der Waals surface area contributed by atoms with Crippen LogP contribution in [0.25, 0.3) is 0 Å². The molecular formula is C23H35N5O. The van der Waals surface area contributed by atoms with Crippen molar-refractivity contribution in [2.24, 2.45) is 4.99 Å². The number of hydrogen-bond donors (Lipinski definition) is 2. The first-order chi connectivity index (χ1) is 14.1. The Morgan fingerprint density at radius 1 is 1.28 bits per heavy atom. The van der Waals surface area contributed by atoms with Crippen LogP contribution in [0, 0.1) is 13.8 Å². The highest BCUT2D eigenvalue weighted by Gasteiger charge is 2.26. The Bertz CT molecular complexity index is 766. The van der Waals surface area contributed by atoms with Gasteiger partial charge in [0.25, 0.3) is 0 Å². The maximum Gasteiger partial charge on any atom is 0.191 e. The van der Waals surface area contributed by atoms with Gasteiger partial charge in [-0.1, -0.05) is 35.5 Å². The Labute approximate surface area is 174 Å². The first-order valence-corrected chi connectivity index (χ1v) is 10.8. The fourth-order valence-corrected chi connectivity index (χ4v) is 4.06. The van der Waals surface area contributed by atoms with Gasteiger partial charge < -0.3 is 15.2 Å². The van der Waals surface area contributed by atoms with Crippen molar-refractivity contribution in [3.05, 3.63) is 52.9 Å². The van der Waals surface area contributed by atoms with E-state index in [1.165, 1.54) is 11.1 Å². The predicted octanol–water partition coefficient (Wildman–Crippen LogP) is 3.44. The fourth-order valence-electron chi connectivity index (χ4n) is 4.06. The summed E-state index contributed by atoms with van der Waals surface area (Å²) in [7, 11) is 0. The highest BCUT2D eigenvalue weighted by molar-refractivity contribution is 5.80. The highest BCUT2D eigenvalue weighted by atomic mass is 16.5. The van der Waals surface area contributed by atoms with Crippen molar-refractivity contribution >= 4 is 5.96 Å². The quantitative estimate of drug-likeness (QED) is 0.553. The molecule has 0 aliphatic carbocycles. The van der Waals surface area contributed by atoms with E-state index >= 15 is 0 Å². The van der Waals surface area contributed by atoms with Gasteiger partial charge in [0.15, 0.2) is 5.96 Å². The van der Waals surface area contributed by atoms with Crippen LogP contribution in [0.1, 0.15) is 49.3 Å². The summed E-state index contributed by atoms with van der Waals surface area (Å²) < 4.78 is 5.25. The van der Waals surface area contributed by atoms with Crippen molar-refractivity contribution < 1.29 is 4.52 Å². The highest BCUT2D eigenvalue weighted by Crippen LogP contribution is 2.20. The molecule has 0 amide bonds. The van der Waals surface area contributed by atoms with Crippen LogP contribution < -0.4 is 10.6 Å². The second-order valence-electron chi connectivity index (χ2n) is 7.98. The van der Waals surface area contributed by atoms with E-state index in [1.54, 1.807) is 0 Å². The van der Waals surface area contributed by atoms with E-state index in [0.717, 1.165) is 62.9 Å². The third kappa shape index (κ3) is 6.07. The molecule has 0 saturated carbocycles. The molecule has 6 nitrogen and oxygen atoms in total. The summed E-state index contributed by atoms with van der Waals surface area (Å²) in [5.41, 5.74) is 3.53. The molecule has 0 spiro atoms. The van der Waals surface area contributed by atoms with Crippen molar-refractivity contribution in [1.29, 1.82) is 0 Å². The minimum absolute atomic E-state index is 0.453. The first kappa shape index (κ1) is 21.4. The number of guanidine groups is 1. The number of aryl methyl sites for hydroxylation is 2. The van der Waals surface area contributed by atoms with Crippen LogP contribution in [-0.2, 0) is 13.0 Å². The second kappa shape index (κ2) is 10.4. The largest absolute Gasteiger partial charge is 0.361 e. The molecular weight excluding hydrogens is 362 g/mol. The summed E-state index contributed by atoms with van der Waals surface area (Å²) in [6, 6.07) is 11.8. The Balaban J connectivity index is 1.51. The van der Waals surface area contributed by atoms with Gasteiger partial charge in [0, 0.05) is 43.8 Å². The number of nitrogens with one attached hydrogen (secondary N) is 2. The minimum Gasteiger partial charge on any atom is -0.361 e. The maximum atomic E-state index is 5.25. The lowest BCUT2D eigenvalue weighted by atomic mass is 9.97.